The van der Waals surface area contributed by atoms with Crippen LogP contribution in [-0.2, 0) is 9.59 Å². The van der Waals surface area contributed by atoms with E-state index in [1.165, 1.54) is 12.8 Å². The van der Waals surface area contributed by atoms with Gasteiger partial charge in [-0.1, -0.05) is 19.3 Å². The molecule has 0 bridgehead atoms. The van der Waals surface area contributed by atoms with Crippen LogP contribution in [0, 0.1) is 0 Å². The van der Waals surface area contributed by atoms with Crippen molar-refractivity contribution in [1.29, 1.82) is 0 Å². The van der Waals surface area contributed by atoms with Gasteiger partial charge in [0.05, 0.1) is 12.6 Å². The highest BCUT2D eigenvalue weighted by atomic mass is 16.2. The van der Waals surface area contributed by atoms with E-state index in [4.69, 9.17) is 0 Å². The third kappa shape index (κ3) is 4.25. The smallest absolute Gasteiger partial charge is 0.239 e. The van der Waals surface area contributed by atoms with Crippen molar-refractivity contribution in [3.8, 4) is 0 Å². The van der Waals surface area contributed by atoms with Crippen LogP contribution in [0.15, 0.2) is 0 Å². The first-order valence-electron chi connectivity index (χ1n) is 9.56. The molecule has 130 valence electrons. The molecule has 3 aliphatic heterocycles. The first kappa shape index (κ1) is 16.7. The Kier molecular flexibility index (Phi) is 5.92. The van der Waals surface area contributed by atoms with E-state index in [9.17, 15) is 9.59 Å². The highest BCUT2D eigenvalue weighted by molar-refractivity contribution is 5.84. The van der Waals surface area contributed by atoms with E-state index in [2.05, 4.69) is 4.90 Å². The topological polar surface area (TPSA) is 43.9 Å². The van der Waals surface area contributed by atoms with Crippen LogP contribution < -0.4 is 0 Å². The van der Waals surface area contributed by atoms with Crippen LogP contribution in [0.1, 0.15) is 57.8 Å². The number of carbonyl (C=O) groups excluding carboxylic acids is 2. The molecule has 3 rings (SSSR count). The number of amides is 2. The van der Waals surface area contributed by atoms with Crippen LogP contribution in [0.4, 0.5) is 0 Å². The molecule has 0 aromatic rings. The van der Waals surface area contributed by atoms with E-state index in [1.807, 2.05) is 9.80 Å². The summed E-state index contributed by atoms with van der Waals surface area (Å²) in [7, 11) is 0. The molecule has 5 heteroatoms. The van der Waals surface area contributed by atoms with Crippen molar-refractivity contribution >= 4 is 11.8 Å². The molecule has 0 spiro atoms. The molecule has 0 saturated carbocycles. The normalized spacial score (nSPS) is 27.0. The van der Waals surface area contributed by atoms with E-state index >= 15 is 0 Å². The third-order valence-electron chi connectivity index (χ3n) is 5.61. The van der Waals surface area contributed by atoms with Gasteiger partial charge in [0.15, 0.2) is 0 Å². The highest BCUT2D eigenvalue weighted by Gasteiger charge is 2.34. The Morgan fingerprint density at radius 3 is 1.96 bits per heavy atom. The minimum Gasteiger partial charge on any atom is -0.342 e. The molecule has 3 fully saturated rings. The SMILES string of the molecule is O=C(CN1CCCCC1C(=O)N1CCCC1)N1CCCCCC1. The Hall–Kier alpha value is -1.10. The lowest BCUT2D eigenvalue weighted by atomic mass is 10.0. The molecular formula is C18H31N3O2. The van der Waals surface area contributed by atoms with Crippen molar-refractivity contribution in [1.82, 2.24) is 14.7 Å². The number of hydrogen-bond donors (Lipinski definition) is 0. The van der Waals surface area contributed by atoms with Crippen LogP contribution in [-0.4, -0.2) is 71.8 Å². The fraction of sp³-hybridized carbons (Fsp3) is 0.889. The van der Waals surface area contributed by atoms with Crippen molar-refractivity contribution in [2.24, 2.45) is 0 Å². The molecule has 5 nitrogen and oxygen atoms in total. The molecule has 0 aromatic heterocycles. The van der Waals surface area contributed by atoms with Gasteiger partial charge in [-0.15, -0.1) is 0 Å². The standard InChI is InChI=1S/C18H31N3O2/c22-17(19-10-4-1-2-5-11-19)15-21-14-6-3-9-16(21)18(23)20-12-7-8-13-20/h16H,1-15H2. The van der Waals surface area contributed by atoms with Gasteiger partial charge in [-0.2, -0.15) is 0 Å². The van der Waals surface area contributed by atoms with Crippen LogP contribution in [0.2, 0.25) is 0 Å². The summed E-state index contributed by atoms with van der Waals surface area (Å²) in [5.41, 5.74) is 0. The largest absolute Gasteiger partial charge is 0.342 e. The summed E-state index contributed by atoms with van der Waals surface area (Å²) in [5, 5.41) is 0. The van der Waals surface area contributed by atoms with Gasteiger partial charge in [-0.25, -0.2) is 0 Å². The van der Waals surface area contributed by atoms with E-state index in [1.54, 1.807) is 0 Å². The minimum atomic E-state index is -0.0576. The second-order valence-corrected chi connectivity index (χ2v) is 7.31. The van der Waals surface area contributed by atoms with E-state index in [0.29, 0.717) is 6.54 Å². The molecule has 2 amide bonds. The predicted octanol–water partition coefficient (Wildman–Crippen LogP) is 1.87. The average Bonchev–Trinajstić information content (AvgIpc) is 2.97. The highest BCUT2D eigenvalue weighted by Crippen LogP contribution is 2.21. The molecule has 3 saturated heterocycles. The van der Waals surface area contributed by atoms with E-state index in [-0.39, 0.29) is 17.9 Å². The van der Waals surface area contributed by atoms with Crippen molar-refractivity contribution in [3.63, 3.8) is 0 Å². The number of likely N-dealkylation sites (tertiary alicyclic amines) is 3. The van der Waals surface area contributed by atoms with Gasteiger partial charge in [0.25, 0.3) is 0 Å². The molecule has 1 atom stereocenters. The van der Waals surface area contributed by atoms with Crippen molar-refractivity contribution in [2.45, 2.75) is 63.8 Å². The van der Waals surface area contributed by atoms with Gasteiger partial charge < -0.3 is 9.80 Å². The molecule has 0 radical (unpaired) electrons. The Labute approximate surface area is 140 Å². The summed E-state index contributed by atoms with van der Waals surface area (Å²) in [5.74, 6) is 0.499. The second kappa shape index (κ2) is 8.13. The van der Waals surface area contributed by atoms with Gasteiger partial charge >= 0.3 is 0 Å². The molecule has 0 aromatic carbocycles. The minimum absolute atomic E-state index is 0.0576. The van der Waals surface area contributed by atoms with Crippen LogP contribution >= 0.6 is 0 Å². The maximum absolute atomic E-state index is 12.8. The number of nitrogens with zero attached hydrogens (tertiary/aromatic N) is 3. The summed E-state index contributed by atoms with van der Waals surface area (Å²) >= 11 is 0. The molecule has 3 aliphatic rings. The van der Waals surface area contributed by atoms with Gasteiger partial charge in [-0.3, -0.25) is 14.5 Å². The summed E-state index contributed by atoms with van der Waals surface area (Å²) in [6, 6.07) is -0.0576. The summed E-state index contributed by atoms with van der Waals surface area (Å²) in [6.07, 6.45) is 10.1. The molecule has 3 heterocycles. The first-order valence-corrected chi connectivity index (χ1v) is 9.56. The monoisotopic (exact) mass is 321 g/mol. The lowest BCUT2D eigenvalue weighted by molar-refractivity contribution is -0.140. The molecule has 1 unspecified atom stereocenters. The fourth-order valence-corrected chi connectivity index (χ4v) is 4.20. The molecule has 0 aliphatic carbocycles. The van der Waals surface area contributed by atoms with E-state index < -0.39 is 0 Å². The summed E-state index contributed by atoms with van der Waals surface area (Å²) in [6.45, 7) is 4.94. The fourth-order valence-electron chi connectivity index (χ4n) is 4.20. The van der Waals surface area contributed by atoms with Crippen molar-refractivity contribution < 1.29 is 9.59 Å². The zero-order chi connectivity index (χ0) is 16.1. The third-order valence-corrected chi connectivity index (χ3v) is 5.61. The Balaban J connectivity index is 1.59. The molecule has 0 N–H and O–H groups in total. The van der Waals surface area contributed by atoms with Crippen molar-refractivity contribution in [3.05, 3.63) is 0 Å². The zero-order valence-corrected chi connectivity index (χ0v) is 14.3. The van der Waals surface area contributed by atoms with Gasteiger partial charge in [0, 0.05) is 26.2 Å². The van der Waals surface area contributed by atoms with Crippen molar-refractivity contribution in [2.75, 3.05) is 39.3 Å². The average molecular weight is 321 g/mol. The number of rotatable bonds is 3. The Morgan fingerprint density at radius 2 is 1.26 bits per heavy atom. The maximum atomic E-state index is 12.8. The Morgan fingerprint density at radius 1 is 0.696 bits per heavy atom. The quantitative estimate of drug-likeness (QED) is 0.797. The van der Waals surface area contributed by atoms with E-state index in [0.717, 1.165) is 77.7 Å². The lowest BCUT2D eigenvalue weighted by Gasteiger charge is -2.37. The summed E-state index contributed by atoms with van der Waals surface area (Å²) < 4.78 is 0. The Bertz CT molecular complexity index is 412. The maximum Gasteiger partial charge on any atom is 0.239 e. The van der Waals surface area contributed by atoms with Crippen LogP contribution in [0.5, 0.6) is 0 Å². The predicted molar refractivity (Wildman–Crippen MR) is 90.1 cm³/mol. The second-order valence-electron chi connectivity index (χ2n) is 7.31. The van der Waals surface area contributed by atoms with Crippen LogP contribution in [0.3, 0.4) is 0 Å². The number of carbonyl (C=O) groups is 2. The lowest BCUT2D eigenvalue weighted by Crippen LogP contribution is -2.53. The number of hydrogen-bond acceptors (Lipinski definition) is 3. The zero-order valence-electron chi connectivity index (χ0n) is 14.3. The van der Waals surface area contributed by atoms with Gasteiger partial charge in [-0.05, 0) is 45.1 Å². The van der Waals surface area contributed by atoms with Gasteiger partial charge in [0.2, 0.25) is 11.8 Å². The van der Waals surface area contributed by atoms with Gasteiger partial charge in [0.1, 0.15) is 0 Å². The summed E-state index contributed by atoms with van der Waals surface area (Å²) in [4.78, 5) is 31.7. The first-order chi connectivity index (χ1) is 11.3. The molecular weight excluding hydrogens is 290 g/mol. The number of piperidine rings is 1. The van der Waals surface area contributed by atoms with Crippen LogP contribution in [0.25, 0.3) is 0 Å². The molecule has 23 heavy (non-hydrogen) atoms.